The molecule has 1 aliphatic rings. The SMILES string of the molecule is CCOc1ccc(NC2=C(c3ccccc3OC)C(=O)N(Cc3ccco3)C2=O)cc1. The van der Waals surface area contributed by atoms with E-state index in [1.54, 1.807) is 54.6 Å². The second kappa shape index (κ2) is 8.79. The number of methoxy groups -OCH3 is 1. The summed E-state index contributed by atoms with van der Waals surface area (Å²) in [6.45, 7) is 2.51. The number of nitrogens with one attached hydrogen (secondary N) is 1. The molecule has 0 saturated carbocycles. The van der Waals surface area contributed by atoms with E-state index in [1.165, 1.54) is 13.4 Å². The highest BCUT2D eigenvalue weighted by atomic mass is 16.5. The first kappa shape index (κ1) is 20.3. The summed E-state index contributed by atoms with van der Waals surface area (Å²) >= 11 is 0. The lowest BCUT2D eigenvalue weighted by molar-refractivity contribution is -0.137. The molecule has 0 atom stereocenters. The lowest BCUT2D eigenvalue weighted by atomic mass is 10.0. The fourth-order valence-electron chi connectivity index (χ4n) is 3.44. The standard InChI is InChI=1S/C24H22N2O5/c1-3-30-17-12-10-16(11-13-17)25-22-21(19-8-4-5-9-20(19)29-2)23(27)26(24(22)28)15-18-7-6-14-31-18/h4-14,25H,3,15H2,1-2H3. The molecule has 2 aromatic carbocycles. The molecule has 2 heterocycles. The number of benzene rings is 2. The van der Waals surface area contributed by atoms with E-state index in [0.29, 0.717) is 29.4 Å². The maximum Gasteiger partial charge on any atom is 0.278 e. The Hall–Kier alpha value is -4.00. The molecule has 31 heavy (non-hydrogen) atoms. The van der Waals surface area contributed by atoms with Crippen LogP contribution in [0, 0.1) is 0 Å². The normalized spacial score (nSPS) is 13.7. The maximum absolute atomic E-state index is 13.3. The number of furan rings is 1. The van der Waals surface area contributed by atoms with Crippen molar-refractivity contribution in [2.75, 3.05) is 19.0 Å². The van der Waals surface area contributed by atoms with E-state index in [2.05, 4.69) is 5.32 Å². The van der Waals surface area contributed by atoms with Gasteiger partial charge in [-0.25, -0.2) is 0 Å². The molecule has 7 heteroatoms. The summed E-state index contributed by atoms with van der Waals surface area (Å²) in [5.74, 6) is 0.892. The second-order valence-electron chi connectivity index (χ2n) is 6.81. The summed E-state index contributed by atoms with van der Waals surface area (Å²) in [6.07, 6.45) is 1.51. The number of ether oxygens (including phenoxy) is 2. The van der Waals surface area contributed by atoms with E-state index < -0.39 is 11.8 Å². The largest absolute Gasteiger partial charge is 0.496 e. The number of hydrogen-bond acceptors (Lipinski definition) is 6. The van der Waals surface area contributed by atoms with Crippen LogP contribution in [-0.2, 0) is 16.1 Å². The van der Waals surface area contributed by atoms with Gasteiger partial charge in [0.15, 0.2) is 0 Å². The van der Waals surface area contributed by atoms with Crippen LogP contribution in [-0.4, -0.2) is 30.4 Å². The van der Waals surface area contributed by atoms with E-state index in [9.17, 15) is 9.59 Å². The Kier molecular flexibility index (Phi) is 5.75. The first-order chi connectivity index (χ1) is 15.1. The molecule has 3 aromatic rings. The predicted octanol–water partition coefficient (Wildman–Crippen LogP) is 4.08. The van der Waals surface area contributed by atoms with Crippen molar-refractivity contribution < 1.29 is 23.5 Å². The molecule has 0 saturated heterocycles. The highest BCUT2D eigenvalue weighted by Crippen LogP contribution is 2.36. The van der Waals surface area contributed by atoms with E-state index >= 15 is 0 Å². The van der Waals surface area contributed by atoms with Gasteiger partial charge in [-0.15, -0.1) is 0 Å². The summed E-state index contributed by atoms with van der Waals surface area (Å²) in [5.41, 5.74) is 1.64. The molecule has 0 radical (unpaired) electrons. The quantitative estimate of drug-likeness (QED) is 0.555. The van der Waals surface area contributed by atoms with Crippen LogP contribution < -0.4 is 14.8 Å². The van der Waals surface area contributed by atoms with Crippen LogP contribution >= 0.6 is 0 Å². The molecule has 158 valence electrons. The number of carbonyl (C=O) groups excluding carboxylic acids is 2. The van der Waals surface area contributed by atoms with Gasteiger partial charge in [0, 0.05) is 11.3 Å². The Morgan fingerprint density at radius 2 is 1.74 bits per heavy atom. The highest BCUT2D eigenvalue weighted by molar-refractivity contribution is 6.36. The van der Waals surface area contributed by atoms with Gasteiger partial charge in [0.05, 0.1) is 32.1 Å². The first-order valence-electron chi connectivity index (χ1n) is 9.88. The molecule has 0 unspecified atom stereocenters. The van der Waals surface area contributed by atoms with Gasteiger partial charge >= 0.3 is 0 Å². The molecule has 0 aliphatic carbocycles. The minimum Gasteiger partial charge on any atom is -0.496 e. The Morgan fingerprint density at radius 1 is 0.968 bits per heavy atom. The molecule has 7 nitrogen and oxygen atoms in total. The zero-order valence-electron chi connectivity index (χ0n) is 17.3. The van der Waals surface area contributed by atoms with Crippen molar-refractivity contribution >= 4 is 23.1 Å². The smallest absolute Gasteiger partial charge is 0.278 e. The highest BCUT2D eigenvalue weighted by Gasteiger charge is 2.40. The van der Waals surface area contributed by atoms with Crippen LogP contribution in [0.1, 0.15) is 18.2 Å². The lowest BCUT2D eigenvalue weighted by Crippen LogP contribution is -2.31. The van der Waals surface area contributed by atoms with Gasteiger partial charge in [0.25, 0.3) is 11.8 Å². The minimum absolute atomic E-state index is 0.0395. The fourth-order valence-corrected chi connectivity index (χ4v) is 3.44. The summed E-state index contributed by atoms with van der Waals surface area (Å²) in [7, 11) is 1.53. The number of amides is 2. The average Bonchev–Trinajstić information content (AvgIpc) is 3.38. The summed E-state index contributed by atoms with van der Waals surface area (Å²) in [5, 5.41) is 3.13. The van der Waals surface area contributed by atoms with Crippen LogP contribution in [0.3, 0.4) is 0 Å². The van der Waals surface area contributed by atoms with Crippen molar-refractivity contribution in [3.63, 3.8) is 0 Å². The average molecular weight is 418 g/mol. The van der Waals surface area contributed by atoms with Crippen molar-refractivity contribution in [2.45, 2.75) is 13.5 Å². The van der Waals surface area contributed by atoms with Gasteiger partial charge < -0.3 is 19.2 Å². The minimum atomic E-state index is -0.434. The zero-order chi connectivity index (χ0) is 21.8. The van der Waals surface area contributed by atoms with Crippen molar-refractivity contribution in [1.29, 1.82) is 0 Å². The van der Waals surface area contributed by atoms with Crippen LogP contribution in [0.2, 0.25) is 0 Å². The van der Waals surface area contributed by atoms with Gasteiger partial charge in [0.2, 0.25) is 0 Å². The topological polar surface area (TPSA) is 81.0 Å². The van der Waals surface area contributed by atoms with Crippen LogP contribution in [0.5, 0.6) is 11.5 Å². The van der Waals surface area contributed by atoms with Gasteiger partial charge in [-0.2, -0.15) is 0 Å². The van der Waals surface area contributed by atoms with E-state index in [-0.39, 0.29) is 17.8 Å². The Morgan fingerprint density at radius 3 is 2.42 bits per heavy atom. The third-order valence-electron chi connectivity index (χ3n) is 4.87. The first-order valence-corrected chi connectivity index (χ1v) is 9.88. The number of imide groups is 1. The van der Waals surface area contributed by atoms with Gasteiger partial charge in [-0.05, 0) is 49.4 Å². The molecule has 0 fully saturated rings. The third-order valence-corrected chi connectivity index (χ3v) is 4.87. The second-order valence-corrected chi connectivity index (χ2v) is 6.81. The number of nitrogens with zero attached hydrogens (tertiary/aromatic N) is 1. The number of carbonyl (C=O) groups is 2. The number of hydrogen-bond donors (Lipinski definition) is 1. The Balaban J connectivity index is 1.74. The molecule has 1 aliphatic heterocycles. The van der Waals surface area contributed by atoms with Crippen molar-refractivity contribution in [2.24, 2.45) is 0 Å². The number of para-hydroxylation sites is 1. The Labute approximate surface area is 179 Å². The predicted molar refractivity (Wildman–Crippen MR) is 115 cm³/mol. The fraction of sp³-hybridized carbons (Fsp3) is 0.167. The summed E-state index contributed by atoms with van der Waals surface area (Å²) in [6, 6.07) is 17.8. The number of anilines is 1. The van der Waals surface area contributed by atoms with E-state index in [4.69, 9.17) is 13.9 Å². The Bertz CT molecular complexity index is 1120. The molecule has 1 N–H and O–H groups in total. The van der Waals surface area contributed by atoms with Crippen molar-refractivity contribution in [3.8, 4) is 11.5 Å². The van der Waals surface area contributed by atoms with Crippen LogP contribution in [0.15, 0.2) is 77.0 Å². The van der Waals surface area contributed by atoms with Gasteiger partial charge in [-0.1, -0.05) is 18.2 Å². The molecule has 0 spiro atoms. The zero-order valence-corrected chi connectivity index (χ0v) is 17.3. The van der Waals surface area contributed by atoms with Crippen LogP contribution in [0.4, 0.5) is 5.69 Å². The molecular formula is C24H22N2O5. The summed E-state index contributed by atoms with van der Waals surface area (Å²) < 4.78 is 16.3. The maximum atomic E-state index is 13.3. The van der Waals surface area contributed by atoms with Crippen molar-refractivity contribution in [3.05, 3.63) is 83.9 Å². The van der Waals surface area contributed by atoms with Crippen LogP contribution in [0.25, 0.3) is 5.57 Å². The monoisotopic (exact) mass is 418 g/mol. The van der Waals surface area contributed by atoms with E-state index in [1.807, 2.05) is 13.0 Å². The van der Waals surface area contributed by atoms with Gasteiger partial charge in [-0.3, -0.25) is 14.5 Å². The lowest BCUT2D eigenvalue weighted by Gasteiger charge is -2.14. The molecule has 0 bridgehead atoms. The van der Waals surface area contributed by atoms with E-state index in [0.717, 1.165) is 10.6 Å². The summed E-state index contributed by atoms with van der Waals surface area (Å²) in [4.78, 5) is 27.8. The van der Waals surface area contributed by atoms with Gasteiger partial charge in [0.1, 0.15) is 23.0 Å². The number of rotatable bonds is 8. The molecule has 4 rings (SSSR count). The van der Waals surface area contributed by atoms with Crippen molar-refractivity contribution in [1.82, 2.24) is 4.90 Å². The third kappa shape index (κ3) is 4.02. The molecule has 2 amide bonds. The molecular weight excluding hydrogens is 396 g/mol. The molecule has 1 aromatic heterocycles.